The van der Waals surface area contributed by atoms with Crippen LogP contribution in [0.5, 0.6) is 5.75 Å². The van der Waals surface area contributed by atoms with Gasteiger partial charge in [0.1, 0.15) is 23.6 Å². The van der Waals surface area contributed by atoms with Crippen molar-refractivity contribution in [2.24, 2.45) is 0 Å². The third kappa shape index (κ3) is 4.86. The molecule has 44 heavy (non-hydrogen) atoms. The molecule has 1 amide bonds. The number of aromatic nitrogens is 4. The molecule has 3 aliphatic heterocycles. The van der Waals surface area contributed by atoms with Gasteiger partial charge in [0.05, 0.1) is 35.2 Å². The van der Waals surface area contributed by atoms with E-state index in [0.717, 1.165) is 29.7 Å². The number of rotatable bonds is 8. The van der Waals surface area contributed by atoms with Crippen molar-refractivity contribution >= 4 is 40.0 Å². The Labute approximate surface area is 251 Å². The van der Waals surface area contributed by atoms with E-state index in [1.807, 2.05) is 6.07 Å². The van der Waals surface area contributed by atoms with E-state index in [0.29, 0.717) is 61.7 Å². The molecule has 13 heteroatoms. The van der Waals surface area contributed by atoms with E-state index < -0.39 is 12.0 Å². The molecule has 11 nitrogen and oxygen atoms in total. The predicted molar refractivity (Wildman–Crippen MR) is 164 cm³/mol. The Morgan fingerprint density at radius 3 is 2.75 bits per heavy atom. The topological polar surface area (TPSA) is 110 Å². The second-order valence-electron chi connectivity index (χ2n) is 11.4. The molecule has 2 N–H and O–H groups in total. The van der Waals surface area contributed by atoms with Gasteiger partial charge in [0, 0.05) is 63.2 Å². The Hall–Kier alpha value is -4.78. The van der Waals surface area contributed by atoms with E-state index in [-0.39, 0.29) is 29.4 Å². The number of methoxy groups -OCH3 is 1. The van der Waals surface area contributed by atoms with Crippen molar-refractivity contribution in [1.29, 1.82) is 0 Å². The summed E-state index contributed by atoms with van der Waals surface area (Å²) in [6.07, 6.45) is 3.93. The zero-order valence-corrected chi connectivity index (χ0v) is 24.2. The van der Waals surface area contributed by atoms with Crippen LogP contribution in [0, 0.1) is 5.82 Å². The molecular formula is C31H32F2N8O3. The highest BCUT2D eigenvalue weighted by Crippen LogP contribution is 2.40. The van der Waals surface area contributed by atoms with E-state index in [9.17, 15) is 18.4 Å². The lowest BCUT2D eigenvalue weighted by Crippen LogP contribution is -2.59. The Balaban J connectivity index is 1.21. The lowest BCUT2D eigenvalue weighted by molar-refractivity contribution is -0.111. The first-order valence-electron chi connectivity index (χ1n) is 14.7. The third-order valence-electron chi connectivity index (χ3n) is 8.65. The monoisotopic (exact) mass is 602 g/mol. The molecule has 3 aliphatic rings. The second-order valence-corrected chi connectivity index (χ2v) is 11.4. The van der Waals surface area contributed by atoms with Crippen molar-refractivity contribution in [2.75, 3.05) is 48.8 Å². The van der Waals surface area contributed by atoms with E-state index in [1.54, 1.807) is 16.7 Å². The number of likely N-dealkylation sites (tertiary alicyclic amines) is 1. The van der Waals surface area contributed by atoms with Crippen molar-refractivity contribution in [1.82, 2.24) is 24.0 Å². The first-order chi connectivity index (χ1) is 21.3. The van der Waals surface area contributed by atoms with Crippen molar-refractivity contribution in [3.05, 3.63) is 71.0 Å². The molecule has 0 bridgehead atoms. The van der Waals surface area contributed by atoms with Crippen molar-refractivity contribution in [3.8, 4) is 11.6 Å². The zero-order chi connectivity index (χ0) is 30.5. The maximum atomic E-state index is 14.5. The number of carbonyl (C=O) groups is 1. The van der Waals surface area contributed by atoms with Crippen LogP contribution in [0.1, 0.15) is 18.4 Å². The number of ether oxygens (including phenoxy) is 1. The lowest BCUT2D eigenvalue weighted by atomic mass is 10.0. The molecule has 4 aromatic rings. The van der Waals surface area contributed by atoms with Crippen LogP contribution < -0.4 is 26.0 Å². The number of anilines is 4. The number of imidazole rings is 1. The summed E-state index contributed by atoms with van der Waals surface area (Å²) in [7, 11) is 1.54. The molecule has 1 atom stereocenters. The minimum atomic E-state index is -0.783. The molecule has 7 rings (SSSR count). The van der Waals surface area contributed by atoms with Crippen LogP contribution in [0.2, 0.25) is 0 Å². The van der Waals surface area contributed by atoms with Crippen molar-refractivity contribution < 1.29 is 18.3 Å². The first-order valence-corrected chi connectivity index (χ1v) is 14.7. The van der Waals surface area contributed by atoms with Gasteiger partial charge in [-0.15, -0.1) is 0 Å². The summed E-state index contributed by atoms with van der Waals surface area (Å²) >= 11 is 0. The zero-order valence-electron chi connectivity index (χ0n) is 24.2. The second kappa shape index (κ2) is 11.1. The van der Waals surface area contributed by atoms with Gasteiger partial charge in [0.15, 0.2) is 0 Å². The molecule has 2 saturated heterocycles. The van der Waals surface area contributed by atoms with Crippen LogP contribution in [-0.2, 0) is 17.8 Å². The standard InChI is InChI=1S/C31H32F2N8O3/c1-3-28(42)35-22-13-23(26(44-2)14-24(22)39-16-21(17-39)38-10-7-19(32)15-38)36-30-34-8-6-27(37-30)41-25-12-20(33)11-18-5-4-9-40(29(18)25)31(41)43/h3,6,8,11-14,19,21H,1,4-5,7,9-10,15-17H2,2H3,(H,35,42)(H,34,36,37). The SMILES string of the molecule is C=CC(=O)Nc1cc(Nc2nccc(-n3c(=O)n4c5c(cc(F)cc53)CCC4)n2)c(OC)cc1N1CC(N2CCC(F)C2)C1. The highest BCUT2D eigenvalue weighted by molar-refractivity contribution is 6.02. The van der Waals surface area contributed by atoms with E-state index in [1.165, 1.54) is 36.1 Å². The number of nitrogens with zero attached hydrogens (tertiary/aromatic N) is 6. The number of benzene rings is 2. The fourth-order valence-electron chi connectivity index (χ4n) is 6.48. The maximum absolute atomic E-state index is 14.5. The van der Waals surface area contributed by atoms with Gasteiger partial charge in [-0.2, -0.15) is 4.98 Å². The highest BCUT2D eigenvalue weighted by atomic mass is 19.1. The van der Waals surface area contributed by atoms with Gasteiger partial charge >= 0.3 is 5.69 Å². The molecule has 5 heterocycles. The number of hydrogen-bond donors (Lipinski definition) is 2. The summed E-state index contributed by atoms with van der Waals surface area (Å²) in [4.78, 5) is 39.1. The summed E-state index contributed by atoms with van der Waals surface area (Å²) in [5.74, 6) is 0.150. The summed E-state index contributed by atoms with van der Waals surface area (Å²) in [6, 6.07) is 8.23. The Morgan fingerprint density at radius 1 is 1.16 bits per heavy atom. The van der Waals surface area contributed by atoms with Gasteiger partial charge in [-0.05, 0) is 43.0 Å². The third-order valence-corrected chi connectivity index (χ3v) is 8.65. The number of hydrogen-bond acceptors (Lipinski definition) is 8. The maximum Gasteiger partial charge on any atom is 0.334 e. The minimum Gasteiger partial charge on any atom is -0.494 e. The Kier molecular flexibility index (Phi) is 7.04. The predicted octanol–water partition coefficient (Wildman–Crippen LogP) is 3.78. The molecule has 1 unspecified atom stereocenters. The number of nitrogens with one attached hydrogen (secondary N) is 2. The first kappa shape index (κ1) is 28.0. The number of halogens is 2. The molecule has 2 aromatic heterocycles. The van der Waals surface area contributed by atoms with Gasteiger partial charge in [-0.3, -0.25) is 14.3 Å². The Bertz CT molecular complexity index is 1850. The van der Waals surface area contributed by atoms with Crippen molar-refractivity contribution in [3.63, 3.8) is 0 Å². The lowest BCUT2D eigenvalue weighted by Gasteiger charge is -2.46. The van der Waals surface area contributed by atoms with Gasteiger partial charge in [0.25, 0.3) is 0 Å². The Morgan fingerprint density at radius 2 is 2.00 bits per heavy atom. The highest BCUT2D eigenvalue weighted by Gasteiger charge is 2.37. The smallest absolute Gasteiger partial charge is 0.334 e. The number of alkyl halides is 1. The number of aryl methyl sites for hydroxylation is 2. The largest absolute Gasteiger partial charge is 0.494 e. The molecule has 2 aromatic carbocycles. The number of amides is 1. The summed E-state index contributed by atoms with van der Waals surface area (Å²) in [5.41, 5.74) is 3.44. The summed E-state index contributed by atoms with van der Waals surface area (Å²) in [5, 5.41) is 6.04. The van der Waals surface area contributed by atoms with Gasteiger partial charge in [-0.25, -0.2) is 23.1 Å². The summed E-state index contributed by atoms with van der Waals surface area (Å²) in [6.45, 7) is 6.69. The molecule has 0 radical (unpaired) electrons. The molecular weight excluding hydrogens is 570 g/mol. The van der Waals surface area contributed by atoms with Crippen LogP contribution in [0.3, 0.4) is 0 Å². The van der Waals surface area contributed by atoms with E-state index in [2.05, 4.69) is 37.0 Å². The number of carbonyl (C=O) groups excluding carboxylic acids is 1. The van der Waals surface area contributed by atoms with Gasteiger partial charge < -0.3 is 20.3 Å². The molecule has 0 aliphatic carbocycles. The van der Waals surface area contributed by atoms with Crippen LogP contribution >= 0.6 is 0 Å². The minimum absolute atomic E-state index is 0.174. The van der Waals surface area contributed by atoms with E-state index >= 15 is 0 Å². The van der Waals surface area contributed by atoms with Crippen LogP contribution in [0.15, 0.2) is 54.0 Å². The average molecular weight is 603 g/mol. The molecule has 228 valence electrons. The quantitative estimate of drug-likeness (QED) is 0.294. The fourth-order valence-corrected chi connectivity index (χ4v) is 6.48. The van der Waals surface area contributed by atoms with Crippen molar-refractivity contribution in [2.45, 2.75) is 38.0 Å². The van der Waals surface area contributed by atoms with Crippen LogP contribution in [0.25, 0.3) is 16.9 Å². The molecule has 0 saturated carbocycles. The normalized spacial score (nSPS) is 18.3. The van der Waals surface area contributed by atoms with Gasteiger partial charge in [0.2, 0.25) is 11.9 Å². The average Bonchev–Trinajstić information content (AvgIpc) is 3.54. The fraction of sp³-hybridized carbons (Fsp3) is 0.355. The van der Waals surface area contributed by atoms with Crippen LogP contribution in [-0.4, -0.2) is 75.4 Å². The van der Waals surface area contributed by atoms with E-state index in [4.69, 9.17) is 4.74 Å². The molecule has 0 spiro atoms. The van der Waals surface area contributed by atoms with Crippen LogP contribution in [0.4, 0.5) is 31.8 Å². The molecule has 2 fully saturated rings. The summed E-state index contributed by atoms with van der Waals surface area (Å²) < 4.78 is 37.1. The van der Waals surface area contributed by atoms with Gasteiger partial charge in [-0.1, -0.05) is 6.58 Å².